The molecule has 0 aliphatic rings. The van der Waals surface area contributed by atoms with Crippen molar-refractivity contribution in [2.24, 2.45) is 5.92 Å². The Kier molecular flexibility index (Phi) is 5.01. The number of hydrogen-bond acceptors (Lipinski definition) is 2. The third-order valence-corrected chi connectivity index (χ3v) is 1.33. The van der Waals surface area contributed by atoms with Crippen LogP contribution in [0.3, 0.4) is 0 Å². The van der Waals surface area contributed by atoms with Crippen molar-refractivity contribution in [3.63, 3.8) is 0 Å². The first-order valence-corrected chi connectivity index (χ1v) is 3.10. The van der Waals surface area contributed by atoms with Gasteiger partial charge in [0.1, 0.15) is 0 Å². The Hall–Kier alpha value is -0.0800. The summed E-state index contributed by atoms with van der Waals surface area (Å²) in [5.74, 6) is 0.444. The molecule has 0 heterocycles. The van der Waals surface area contributed by atoms with Crippen LogP contribution in [0.15, 0.2) is 0 Å². The highest BCUT2D eigenvalue weighted by Gasteiger charge is 1.99. The van der Waals surface area contributed by atoms with Crippen LogP contribution >= 0.6 is 0 Å². The van der Waals surface area contributed by atoms with Crippen molar-refractivity contribution >= 4 is 0 Å². The van der Waals surface area contributed by atoms with Crippen molar-refractivity contribution in [1.82, 2.24) is 5.32 Å². The normalized spacial score (nSPS) is 13.9. The summed E-state index contributed by atoms with van der Waals surface area (Å²) in [4.78, 5) is 0. The van der Waals surface area contributed by atoms with Crippen LogP contribution in [0.4, 0.5) is 0 Å². The summed E-state index contributed by atoms with van der Waals surface area (Å²) in [6.45, 7) is 3.31. The molecular formula is C6H15NO. The van der Waals surface area contributed by atoms with Crippen molar-refractivity contribution in [3.05, 3.63) is 0 Å². The van der Waals surface area contributed by atoms with Gasteiger partial charge in [-0.05, 0) is 25.9 Å². The van der Waals surface area contributed by atoms with Crippen molar-refractivity contribution in [1.29, 1.82) is 0 Å². The third kappa shape index (κ3) is 2.99. The number of aliphatic hydroxyl groups excluding tert-OH is 1. The maximum absolute atomic E-state index is 8.62. The molecule has 0 saturated carbocycles. The van der Waals surface area contributed by atoms with Crippen LogP contribution in [0.25, 0.3) is 0 Å². The molecular weight excluding hydrogens is 102 g/mol. The second kappa shape index (κ2) is 5.06. The molecule has 0 rings (SSSR count). The first-order chi connectivity index (χ1) is 3.85. The van der Waals surface area contributed by atoms with Crippen LogP contribution in [0.5, 0.6) is 0 Å². The quantitative estimate of drug-likeness (QED) is 0.552. The van der Waals surface area contributed by atoms with Gasteiger partial charge in [-0.2, -0.15) is 0 Å². The topological polar surface area (TPSA) is 32.3 Å². The van der Waals surface area contributed by atoms with E-state index in [4.69, 9.17) is 5.11 Å². The average Bonchev–Trinajstić information content (AvgIpc) is 1.83. The van der Waals surface area contributed by atoms with E-state index in [0.29, 0.717) is 12.5 Å². The summed E-state index contributed by atoms with van der Waals surface area (Å²) in [6, 6.07) is 0. The molecule has 0 aromatic heterocycles. The van der Waals surface area contributed by atoms with Gasteiger partial charge in [0.25, 0.3) is 0 Å². The molecule has 1 atom stereocenters. The molecule has 0 aliphatic carbocycles. The molecule has 0 saturated heterocycles. The van der Waals surface area contributed by atoms with Crippen molar-refractivity contribution in [2.45, 2.75) is 13.3 Å². The van der Waals surface area contributed by atoms with Crippen LogP contribution in [-0.4, -0.2) is 25.3 Å². The van der Waals surface area contributed by atoms with E-state index in [1.165, 1.54) is 0 Å². The Labute approximate surface area is 50.9 Å². The smallest absolute Gasteiger partial charge is 0.0471 e. The second-order valence-electron chi connectivity index (χ2n) is 2.01. The Balaban J connectivity index is 3.07. The Morgan fingerprint density at radius 2 is 2.25 bits per heavy atom. The summed E-state index contributed by atoms with van der Waals surface area (Å²) in [6.07, 6.45) is 1.05. The predicted molar refractivity (Wildman–Crippen MR) is 34.8 cm³/mol. The van der Waals surface area contributed by atoms with E-state index in [0.717, 1.165) is 13.0 Å². The van der Waals surface area contributed by atoms with Gasteiger partial charge >= 0.3 is 0 Å². The molecule has 50 valence electrons. The second-order valence-corrected chi connectivity index (χ2v) is 2.01. The molecule has 0 aromatic rings. The lowest BCUT2D eigenvalue weighted by molar-refractivity contribution is 0.221. The lowest BCUT2D eigenvalue weighted by atomic mass is 10.1. The molecule has 0 radical (unpaired) electrons. The zero-order valence-electron chi connectivity index (χ0n) is 5.65. The average molecular weight is 117 g/mol. The van der Waals surface area contributed by atoms with Crippen molar-refractivity contribution in [2.75, 3.05) is 20.2 Å². The van der Waals surface area contributed by atoms with E-state index in [9.17, 15) is 0 Å². The van der Waals surface area contributed by atoms with Crippen LogP contribution in [0.1, 0.15) is 13.3 Å². The zero-order valence-corrected chi connectivity index (χ0v) is 5.65. The van der Waals surface area contributed by atoms with Gasteiger partial charge in [-0.1, -0.05) is 6.92 Å². The number of hydrogen-bond donors (Lipinski definition) is 2. The maximum atomic E-state index is 8.62. The number of rotatable bonds is 4. The fourth-order valence-electron chi connectivity index (χ4n) is 0.627. The Morgan fingerprint density at radius 1 is 1.62 bits per heavy atom. The van der Waals surface area contributed by atoms with Gasteiger partial charge in [0.2, 0.25) is 0 Å². The lowest BCUT2D eigenvalue weighted by Crippen LogP contribution is -2.20. The van der Waals surface area contributed by atoms with Gasteiger partial charge in [0.15, 0.2) is 0 Å². The van der Waals surface area contributed by atoms with Gasteiger partial charge in [-0.3, -0.25) is 0 Å². The number of nitrogens with one attached hydrogen (secondary N) is 1. The molecule has 2 nitrogen and oxygen atoms in total. The summed E-state index contributed by atoms with van der Waals surface area (Å²) >= 11 is 0. The summed E-state index contributed by atoms with van der Waals surface area (Å²) in [5.41, 5.74) is 0. The van der Waals surface area contributed by atoms with E-state index >= 15 is 0 Å². The van der Waals surface area contributed by atoms with E-state index in [-0.39, 0.29) is 0 Å². The highest BCUT2D eigenvalue weighted by atomic mass is 16.3. The van der Waals surface area contributed by atoms with Crippen molar-refractivity contribution in [3.8, 4) is 0 Å². The van der Waals surface area contributed by atoms with E-state index < -0.39 is 0 Å². The first kappa shape index (κ1) is 7.92. The first-order valence-electron chi connectivity index (χ1n) is 3.10. The molecule has 0 unspecified atom stereocenters. The summed E-state index contributed by atoms with van der Waals surface area (Å²) in [7, 11) is 1.90. The monoisotopic (exact) mass is 117 g/mol. The molecule has 0 bridgehead atoms. The number of aliphatic hydroxyl groups is 1. The van der Waals surface area contributed by atoms with Crippen molar-refractivity contribution < 1.29 is 5.11 Å². The predicted octanol–water partition coefficient (Wildman–Crippen LogP) is 0.224. The SMILES string of the molecule is CC[C@@H](CO)CNC. The van der Waals surface area contributed by atoms with Crippen LogP contribution in [-0.2, 0) is 0 Å². The Morgan fingerprint density at radius 3 is 2.38 bits per heavy atom. The minimum Gasteiger partial charge on any atom is -0.396 e. The molecule has 2 heteroatoms. The molecule has 0 fully saturated rings. The molecule has 2 N–H and O–H groups in total. The molecule has 0 aromatic carbocycles. The maximum Gasteiger partial charge on any atom is 0.0471 e. The van der Waals surface area contributed by atoms with Gasteiger partial charge in [-0.25, -0.2) is 0 Å². The van der Waals surface area contributed by atoms with E-state index in [2.05, 4.69) is 12.2 Å². The van der Waals surface area contributed by atoms with E-state index in [1.54, 1.807) is 0 Å². The minimum atomic E-state index is 0.303. The highest BCUT2D eigenvalue weighted by Crippen LogP contribution is 1.96. The summed E-state index contributed by atoms with van der Waals surface area (Å²) < 4.78 is 0. The lowest BCUT2D eigenvalue weighted by Gasteiger charge is -2.08. The van der Waals surface area contributed by atoms with E-state index in [1.807, 2.05) is 7.05 Å². The molecule has 8 heavy (non-hydrogen) atoms. The zero-order chi connectivity index (χ0) is 6.41. The molecule has 0 aliphatic heterocycles. The fraction of sp³-hybridized carbons (Fsp3) is 1.00. The van der Waals surface area contributed by atoms with Crippen LogP contribution in [0, 0.1) is 5.92 Å². The fourth-order valence-corrected chi connectivity index (χ4v) is 0.627. The molecule has 0 amide bonds. The third-order valence-electron chi connectivity index (χ3n) is 1.33. The molecule has 0 spiro atoms. The minimum absolute atomic E-state index is 0.303. The van der Waals surface area contributed by atoms with Gasteiger partial charge in [0.05, 0.1) is 0 Å². The van der Waals surface area contributed by atoms with Crippen LogP contribution in [0.2, 0.25) is 0 Å². The largest absolute Gasteiger partial charge is 0.396 e. The van der Waals surface area contributed by atoms with Gasteiger partial charge in [0, 0.05) is 6.61 Å². The standard InChI is InChI=1S/C6H15NO/c1-3-6(5-8)4-7-2/h6-8H,3-5H2,1-2H3/t6-/m1/s1. The van der Waals surface area contributed by atoms with Gasteiger partial charge in [-0.15, -0.1) is 0 Å². The summed E-state index contributed by atoms with van der Waals surface area (Å²) in [5, 5.41) is 11.6. The van der Waals surface area contributed by atoms with Crippen LogP contribution < -0.4 is 5.32 Å². The Bertz CT molecular complexity index is 43.8. The van der Waals surface area contributed by atoms with Gasteiger partial charge < -0.3 is 10.4 Å². The highest BCUT2D eigenvalue weighted by molar-refractivity contribution is 4.55.